The van der Waals surface area contributed by atoms with Crippen LogP contribution in [0.15, 0.2) is 54.6 Å². The summed E-state index contributed by atoms with van der Waals surface area (Å²) in [7, 11) is 0. The molecule has 1 heterocycles. The van der Waals surface area contributed by atoms with E-state index in [1.54, 1.807) is 12.1 Å². The number of nitrogens with zero attached hydrogens (tertiary/aromatic N) is 4. The van der Waals surface area contributed by atoms with E-state index >= 15 is 0 Å². The van der Waals surface area contributed by atoms with Gasteiger partial charge in [0, 0.05) is 11.5 Å². The highest BCUT2D eigenvalue weighted by Crippen LogP contribution is 2.21. The Hall–Kier alpha value is -3.22. The Balaban J connectivity index is 1.75. The first-order chi connectivity index (χ1) is 12.3. The smallest absolute Gasteiger partial charge is 0.232 e. The van der Waals surface area contributed by atoms with Crippen molar-refractivity contribution in [2.45, 2.75) is 19.3 Å². The van der Waals surface area contributed by atoms with E-state index < -0.39 is 5.92 Å². The minimum Gasteiger partial charge on any atom is -0.494 e. The molecule has 0 aliphatic heterocycles. The van der Waals surface area contributed by atoms with Crippen molar-refractivity contribution in [3.63, 3.8) is 0 Å². The molecule has 0 bridgehead atoms. The van der Waals surface area contributed by atoms with Crippen molar-refractivity contribution in [2.75, 3.05) is 11.9 Å². The number of ether oxygens (including phenoxy) is 1. The molecule has 128 valence electrons. The summed E-state index contributed by atoms with van der Waals surface area (Å²) in [6.45, 7) is 2.52. The minimum absolute atomic E-state index is 0.206. The molecule has 7 nitrogen and oxygen atoms in total. The van der Waals surface area contributed by atoms with Gasteiger partial charge in [0.1, 0.15) is 5.75 Å². The number of anilines is 1. The zero-order chi connectivity index (χ0) is 17.5. The normalized spacial score (nSPS) is 11.7. The summed E-state index contributed by atoms with van der Waals surface area (Å²) < 4.78 is 5.40. The van der Waals surface area contributed by atoms with Gasteiger partial charge in [-0.1, -0.05) is 30.3 Å². The molecule has 1 atom stereocenters. The summed E-state index contributed by atoms with van der Waals surface area (Å²) >= 11 is 0. The predicted molar refractivity (Wildman–Crippen MR) is 92.3 cm³/mol. The number of benzene rings is 2. The zero-order valence-electron chi connectivity index (χ0n) is 13.8. The fourth-order valence-corrected chi connectivity index (χ4v) is 2.47. The molecule has 2 aromatic carbocycles. The Morgan fingerprint density at radius 2 is 1.92 bits per heavy atom. The highest BCUT2D eigenvalue weighted by atomic mass is 16.5. The molecule has 0 fully saturated rings. The van der Waals surface area contributed by atoms with E-state index in [0.717, 1.165) is 11.3 Å². The first-order valence-corrected chi connectivity index (χ1v) is 8.02. The fraction of sp³-hybridized carbons (Fsp3) is 0.222. The van der Waals surface area contributed by atoms with Crippen LogP contribution in [0, 0.1) is 0 Å². The van der Waals surface area contributed by atoms with Crippen LogP contribution in [-0.4, -0.2) is 28.0 Å². The Kier molecular flexibility index (Phi) is 5.36. The molecule has 1 aromatic heterocycles. The van der Waals surface area contributed by atoms with Crippen LogP contribution in [0.2, 0.25) is 0 Å². The van der Waals surface area contributed by atoms with Gasteiger partial charge in [-0.2, -0.15) is 5.21 Å². The van der Waals surface area contributed by atoms with Gasteiger partial charge in [0.2, 0.25) is 5.91 Å². The predicted octanol–water partition coefficient (Wildman–Crippen LogP) is 2.19. The van der Waals surface area contributed by atoms with Gasteiger partial charge in [0.05, 0.1) is 12.5 Å². The Morgan fingerprint density at radius 1 is 1.16 bits per heavy atom. The molecule has 1 N–H and O–H groups in total. The monoisotopic (exact) mass is 336 g/mol. The Bertz CT molecular complexity index is 788. The molecule has 0 aliphatic carbocycles. The molecule has 3 aromatic rings. The zero-order valence-corrected chi connectivity index (χ0v) is 13.8. The number of carbonyl (C=O) groups is 1. The third kappa shape index (κ3) is 4.41. The number of amides is 1. The van der Waals surface area contributed by atoms with Gasteiger partial charge in [-0.15, -0.1) is 0 Å². The molecule has 1 amide bonds. The summed E-state index contributed by atoms with van der Waals surface area (Å²) in [6.07, 6.45) is 0.469. The number of tetrazole rings is 1. The third-order valence-electron chi connectivity index (χ3n) is 3.68. The summed E-state index contributed by atoms with van der Waals surface area (Å²) in [5.41, 5.74) is 1.69. The average molecular weight is 336 g/mol. The van der Waals surface area contributed by atoms with E-state index in [9.17, 15) is 4.79 Å². The van der Waals surface area contributed by atoms with Crippen LogP contribution in [0.5, 0.6) is 5.75 Å². The highest BCUT2D eigenvalue weighted by Gasteiger charge is 2.21. The lowest BCUT2D eigenvalue weighted by Crippen LogP contribution is -2.24. The molecule has 0 spiro atoms. The largest absolute Gasteiger partial charge is 0.494 e. The molecular formula is C18H18N5O2-. The van der Waals surface area contributed by atoms with Gasteiger partial charge < -0.3 is 15.2 Å². The van der Waals surface area contributed by atoms with Gasteiger partial charge in [0.25, 0.3) is 0 Å². The van der Waals surface area contributed by atoms with E-state index in [4.69, 9.17) is 4.74 Å². The van der Waals surface area contributed by atoms with Crippen molar-refractivity contribution < 1.29 is 9.53 Å². The number of hydrogen-bond donors (Lipinski definition) is 1. The first kappa shape index (κ1) is 16.6. The second-order valence-corrected chi connectivity index (χ2v) is 5.43. The molecular weight excluding hydrogens is 318 g/mol. The summed E-state index contributed by atoms with van der Waals surface area (Å²) in [6, 6.07) is 16.9. The number of carbonyl (C=O) groups excluding carboxylic acids is 1. The van der Waals surface area contributed by atoms with E-state index in [0.29, 0.717) is 24.5 Å². The molecule has 0 radical (unpaired) electrons. The molecule has 3 rings (SSSR count). The van der Waals surface area contributed by atoms with E-state index in [1.165, 1.54) is 0 Å². The van der Waals surface area contributed by atoms with Gasteiger partial charge in [0.15, 0.2) is 0 Å². The number of hydrogen-bond acceptors (Lipinski definition) is 5. The van der Waals surface area contributed by atoms with Crippen LogP contribution < -0.4 is 15.2 Å². The standard InChI is InChI=1S/C18H19N5O2/c1-2-25-15-10-8-14(9-11-15)19-18(24)16(17-20-22-23-21-17)12-13-6-4-3-5-7-13/h3-11,16H,2,12H2,1H3,(H2,19,20,21,22,23,24)/p-1/t16-/m0/s1. The maximum Gasteiger partial charge on any atom is 0.232 e. The minimum atomic E-state index is -0.566. The molecule has 0 aliphatic rings. The van der Waals surface area contributed by atoms with Crippen molar-refractivity contribution in [1.29, 1.82) is 0 Å². The maximum absolute atomic E-state index is 12.7. The topological polar surface area (TPSA) is 91.1 Å². The van der Waals surface area contributed by atoms with E-state index in [1.807, 2.05) is 49.4 Å². The van der Waals surface area contributed by atoms with Crippen LogP contribution in [-0.2, 0) is 11.2 Å². The van der Waals surface area contributed by atoms with Gasteiger partial charge >= 0.3 is 0 Å². The SMILES string of the molecule is CCOc1ccc(NC(=O)[C@@H](Cc2ccccc2)c2nnn[n-]2)cc1. The van der Waals surface area contributed by atoms with Crippen molar-refractivity contribution in [3.8, 4) is 5.75 Å². The second kappa shape index (κ2) is 8.05. The molecule has 25 heavy (non-hydrogen) atoms. The van der Waals surface area contributed by atoms with Crippen LogP contribution in [0.3, 0.4) is 0 Å². The lowest BCUT2D eigenvalue weighted by atomic mass is 9.97. The Morgan fingerprint density at radius 3 is 2.56 bits per heavy atom. The van der Waals surface area contributed by atoms with E-state index in [-0.39, 0.29) is 5.91 Å². The molecule has 0 saturated carbocycles. The van der Waals surface area contributed by atoms with Gasteiger partial charge in [-0.05, 0) is 43.2 Å². The van der Waals surface area contributed by atoms with Crippen LogP contribution in [0.1, 0.15) is 24.2 Å². The van der Waals surface area contributed by atoms with Crippen molar-refractivity contribution >= 4 is 11.6 Å². The van der Waals surface area contributed by atoms with E-state index in [2.05, 4.69) is 25.9 Å². The van der Waals surface area contributed by atoms with Crippen LogP contribution in [0.4, 0.5) is 5.69 Å². The van der Waals surface area contributed by atoms with Gasteiger partial charge in [-0.25, -0.2) is 0 Å². The van der Waals surface area contributed by atoms with Crippen molar-refractivity contribution in [3.05, 3.63) is 66.0 Å². The number of rotatable bonds is 7. The second-order valence-electron chi connectivity index (χ2n) is 5.43. The average Bonchev–Trinajstić information content (AvgIpc) is 3.17. The lowest BCUT2D eigenvalue weighted by Gasteiger charge is -2.17. The fourth-order valence-electron chi connectivity index (χ4n) is 2.47. The van der Waals surface area contributed by atoms with Gasteiger partial charge in [-0.3, -0.25) is 15.1 Å². The highest BCUT2D eigenvalue weighted by molar-refractivity contribution is 5.95. The third-order valence-corrected chi connectivity index (χ3v) is 3.68. The summed E-state index contributed by atoms with van der Waals surface area (Å²) in [5, 5.41) is 17.6. The quantitative estimate of drug-likeness (QED) is 0.711. The van der Waals surface area contributed by atoms with Crippen molar-refractivity contribution in [1.82, 2.24) is 20.6 Å². The number of aromatic nitrogens is 4. The molecule has 7 heteroatoms. The van der Waals surface area contributed by atoms with Crippen molar-refractivity contribution in [2.24, 2.45) is 0 Å². The molecule has 0 unspecified atom stereocenters. The van der Waals surface area contributed by atoms with Crippen LogP contribution in [0.25, 0.3) is 0 Å². The van der Waals surface area contributed by atoms with Crippen LogP contribution >= 0.6 is 0 Å². The number of nitrogens with one attached hydrogen (secondary N) is 1. The lowest BCUT2D eigenvalue weighted by molar-refractivity contribution is -0.117. The summed E-state index contributed by atoms with van der Waals surface area (Å²) in [5.74, 6) is 0.299. The maximum atomic E-state index is 12.7. The first-order valence-electron chi connectivity index (χ1n) is 8.02. The molecule has 0 saturated heterocycles. The summed E-state index contributed by atoms with van der Waals surface area (Å²) in [4.78, 5) is 12.7. The Labute approximate surface area is 145 Å².